The second-order valence-corrected chi connectivity index (χ2v) is 4.49. The molecule has 0 saturated carbocycles. The van der Waals surface area contributed by atoms with Gasteiger partial charge in [0.2, 0.25) is 0 Å². The van der Waals surface area contributed by atoms with Gasteiger partial charge in [-0.25, -0.2) is 4.79 Å². The number of Topliss-reactive ketones (excluding diaryl/α,β-unsaturated/α-hetero) is 1. The maximum Gasteiger partial charge on any atom is 0.349 e. The van der Waals surface area contributed by atoms with Gasteiger partial charge in [-0.05, 0) is 43.3 Å². The zero-order chi connectivity index (χ0) is 15.9. The van der Waals surface area contributed by atoms with Crippen LogP contribution in [0.15, 0.2) is 48.5 Å². The summed E-state index contributed by atoms with van der Waals surface area (Å²) in [6, 6.07) is 13.4. The number of hydrogen-bond acceptors (Lipinski definition) is 5. The molecule has 0 spiro atoms. The van der Waals surface area contributed by atoms with E-state index in [1.165, 1.54) is 14.0 Å². The van der Waals surface area contributed by atoms with Gasteiger partial charge >= 0.3 is 5.97 Å². The number of methoxy groups -OCH3 is 1. The molecule has 0 aliphatic rings. The van der Waals surface area contributed by atoms with E-state index in [4.69, 9.17) is 14.2 Å². The predicted molar refractivity (Wildman–Crippen MR) is 80.6 cm³/mol. The first-order valence-corrected chi connectivity index (χ1v) is 6.67. The number of rotatable bonds is 6. The third-order valence-electron chi connectivity index (χ3n) is 2.91. The fourth-order valence-electron chi connectivity index (χ4n) is 1.79. The minimum atomic E-state index is -0.540. The number of ketones is 1. The molecule has 22 heavy (non-hydrogen) atoms. The smallest absolute Gasteiger partial charge is 0.349 e. The Morgan fingerprint density at radius 1 is 0.955 bits per heavy atom. The first-order valence-electron chi connectivity index (χ1n) is 6.67. The van der Waals surface area contributed by atoms with Gasteiger partial charge in [-0.2, -0.15) is 0 Å². The zero-order valence-electron chi connectivity index (χ0n) is 12.4. The Balaban J connectivity index is 1.91. The molecular weight excluding hydrogens is 284 g/mol. The predicted octanol–water partition coefficient (Wildman–Crippen LogP) is 2.88. The highest BCUT2D eigenvalue weighted by atomic mass is 16.6. The van der Waals surface area contributed by atoms with Crippen molar-refractivity contribution < 1.29 is 23.8 Å². The van der Waals surface area contributed by atoms with Crippen molar-refractivity contribution in [2.75, 3.05) is 13.7 Å². The van der Waals surface area contributed by atoms with E-state index in [0.29, 0.717) is 22.8 Å². The number of esters is 1. The van der Waals surface area contributed by atoms with Gasteiger partial charge in [0.05, 0.1) is 7.11 Å². The molecule has 114 valence electrons. The van der Waals surface area contributed by atoms with Gasteiger partial charge in [0, 0.05) is 5.56 Å². The van der Waals surface area contributed by atoms with Crippen LogP contribution in [0.2, 0.25) is 0 Å². The van der Waals surface area contributed by atoms with Crippen molar-refractivity contribution in [2.45, 2.75) is 6.92 Å². The lowest BCUT2D eigenvalue weighted by atomic mass is 10.1. The Labute approximate surface area is 128 Å². The largest absolute Gasteiger partial charge is 0.493 e. The lowest BCUT2D eigenvalue weighted by Gasteiger charge is -2.10. The fraction of sp³-hybridized carbons (Fsp3) is 0.176. The molecule has 0 aliphatic carbocycles. The quantitative estimate of drug-likeness (QED) is 0.466. The molecule has 0 N–H and O–H groups in total. The highest BCUT2D eigenvalue weighted by Gasteiger charge is 2.09. The molecule has 0 fully saturated rings. The first-order chi connectivity index (χ1) is 10.6. The Morgan fingerprint density at radius 3 is 2.18 bits per heavy atom. The Hall–Kier alpha value is -2.82. The molecule has 0 amide bonds. The standard InChI is InChI=1S/C17H16O5/c1-12(18)13-7-9-14(10-8-13)22-17(19)11-21-16-6-4-3-5-15(16)20-2/h3-10H,11H2,1-2H3. The molecule has 0 unspecified atom stereocenters. The van der Waals surface area contributed by atoms with Crippen molar-refractivity contribution in [3.05, 3.63) is 54.1 Å². The molecule has 0 atom stereocenters. The van der Waals surface area contributed by atoms with E-state index in [-0.39, 0.29) is 12.4 Å². The third-order valence-corrected chi connectivity index (χ3v) is 2.91. The van der Waals surface area contributed by atoms with Crippen LogP contribution in [-0.4, -0.2) is 25.5 Å². The molecule has 0 aliphatic heterocycles. The number of para-hydroxylation sites is 2. The lowest BCUT2D eigenvalue weighted by Crippen LogP contribution is -2.17. The monoisotopic (exact) mass is 300 g/mol. The van der Waals surface area contributed by atoms with Crippen LogP contribution in [0.4, 0.5) is 0 Å². The van der Waals surface area contributed by atoms with Gasteiger partial charge < -0.3 is 14.2 Å². The highest BCUT2D eigenvalue weighted by molar-refractivity contribution is 5.94. The van der Waals surface area contributed by atoms with Gasteiger partial charge in [0.1, 0.15) is 5.75 Å². The van der Waals surface area contributed by atoms with E-state index >= 15 is 0 Å². The highest BCUT2D eigenvalue weighted by Crippen LogP contribution is 2.25. The third kappa shape index (κ3) is 4.09. The van der Waals surface area contributed by atoms with Crippen molar-refractivity contribution in [3.8, 4) is 17.2 Å². The van der Waals surface area contributed by atoms with Crippen molar-refractivity contribution >= 4 is 11.8 Å². The molecule has 0 radical (unpaired) electrons. The molecule has 2 aromatic carbocycles. The van der Waals surface area contributed by atoms with Crippen LogP contribution in [0.25, 0.3) is 0 Å². The van der Waals surface area contributed by atoms with Gasteiger partial charge in [0.25, 0.3) is 0 Å². The van der Waals surface area contributed by atoms with Crippen molar-refractivity contribution in [2.24, 2.45) is 0 Å². The van der Waals surface area contributed by atoms with Crippen LogP contribution in [0.1, 0.15) is 17.3 Å². The molecule has 5 heteroatoms. The maximum atomic E-state index is 11.7. The summed E-state index contributed by atoms with van der Waals surface area (Å²) in [7, 11) is 1.52. The number of ether oxygens (including phenoxy) is 3. The second-order valence-electron chi connectivity index (χ2n) is 4.49. The van der Waals surface area contributed by atoms with E-state index in [9.17, 15) is 9.59 Å². The van der Waals surface area contributed by atoms with Crippen LogP contribution in [0.5, 0.6) is 17.2 Å². The average Bonchev–Trinajstić information content (AvgIpc) is 2.53. The summed E-state index contributed by atoms with van der Waals surface area (Å²) in [6.45, 7) is 1.23. The van der Waals surface area contributed by atoms with Crippen molar-refractivity contribution in [1.82, 2.24) is 0 Å². The van der Waals surface area contributed by atoms with Crippen molar-refractivity contribution in [1.29, 1.82) is 0 Å². The fourth-order valence-corrected chi connectivity index (χ4v) is 1.79. The van der Waals surface area contributed by atoms with Crippen LogP contribution in [0.3, 0.4) is 0 Å². The van der Waals surface area contributed by atoms with Gasteiger partial charge in [-0.1, -0.05) is 12.1 Å². The SMILES string of the molecule is COc1ccccc1OCC(=O)Oc1ccc(C(C)=O)cc1. The normalized spacial score (nSPS) is 9.91. The van der Waals surface area contributed by atoms with Gasteiger partial charge in [0.15, 0.2) is 23.9 Å². The minimum absolute atomic E-state index is 0.0441. The maximum absolute atomic E-state index is 11.7. The first kappa shape index (κ1) is 15.6. The van der Waals surface area contributed by atoms with Crippen LogP contribution in [0, 0.1) is 0 Å². The number of carbonyl (C=O) groups is 2. The molecule has 0 saturated heterocycles. The Bertz CT molecular complexity index is 661. The molecule has 0 aromatic heterocycles. The molecule has 5 nitrogen and oxygen atoms in total. The molecule has 2 rings (SSSR count). The van der Waals surface area contributed by atoms with E-state index in [0.717, 1.165) is 0 Å². The summed E-state index contributed by atoms with van der Waals surface area (Å²) < 4.78 is 15.6. The Kier molecular flexibility index (Phi) is 5.14. The molecular formula is C17H16O5. The number of benzene rings is 2. The van der Waals surface area contributed by atoms with Crippen LogP contribution >= 0.6 is 0 Å². The second kappa shape index (κ2) is 7.26. The summed E-state index contributed by atoms with van der Waals surface area (Å²) in [5.41, 5.74) is 0.560. The van der Waals surface area contributed by atoms with E-state index in [2.05, 4.69) is 0 Å². The summed E-state index contributed by atoms with van der Waals surface area (Å²) in [6.07, 6.45) is 0. The van der Waals surface area contributed by atoms with Gasteiger partial charge in [-0.3, -0.25) is 4.79 Å². The van der Waals surface area contributed by atoms with Crippen LogP contribution in [-0.2, 0) is 4.79 Å². The zero-order valence-corrected chi connectivity index (χ0v) is 12.4. The summed E-state index contributed by atoms with van der Waals surface area (Å²) in [5.74, 6) is 0.785. The molecule has 0 heterocycles. The summed E-state index contributed by atoms with van der Waals surface area (Å²) in [4.78, 5) is 22.9. The average molecular weight is 300 g/mol. The van der Waals surface area contributed by atoms with Crippen molar-refractivity contribution in [3.63, 3.8) is 0 Å². The van der Waals surface area contributed by atoms with E-state index in [1.807, 2.05) is 0 Å². The molecule has 2 aromatic rings. The van der Waals surface area contributed by atoms with Crippen LogP contribution < -0.4 is 14.2 Å². The van der Waals surface area contributed by atoms with E-state index in [1.54, 1.807) is 48.5 Å². The summed E-state index contributed by atoms with van der Waals surface area (Å²) in [5, 5.41) is 0. The summed E-state index contributed by atoms with van der Waals surface area (Å²) >= 11 is 0. The topological polar surface area (TPSA) is 61.8 Å². The Morgan fingerprint density at radius 2 is 1.59 bits per heavy atom. The minimum Gasteiger partial charge on any atom is -0.493 e. The number of hydrogen-bond donors (Lipinski definition) is 0. The molecule has 0 bridgehead atoms. The number of carbonyl (C=O) groups excluding carboxylic acids is 2. The lowest BCUT2D eigenvalue weighted by molar-refractivity contribution is -0.136. The van der Waals surface area contributed by atoms with Gasteiger partial charge in [-0.15, -0.1) is 0 Å². The van der Waals surface area contributed by atoms with E-state index < -0.39 is 5.97 Å².